The average Bonchev–Trinajstić information content (AvgIpc) is 2.99. The molecule has 0 fully saturated rings. The molecule has 24 heavy (non-hydrogen) atoms. The Labute approximate surface area is 141 Å². The van der Waals surface area contributed by atoms with E-state index in [4.69, 9.17) is 0 Å². The smallest absolute Gasteiger partial charge is 0.251 e. The number of aromatic nitrogens is 3. The van der Waals surface area contributed by atoms with Crippen molar-refractivity contribution in [3.63, 3.8) is 0 Å². The molecule has 3 aromatic rings. The molecule has 0 bridgehead atoms. The van der Waals surface area contributed by atoms with E-state index in [9.17, 15) is 4.79 Å². The summed E-state index contributed by atoms with van der Waals surface area (Å²) in [6, 6.07) is 15.7. The fourth-order valence-corrected chi connectivity index (χ4v) is 2.78. The highest BCUT2D eigenvalue weighted by atomic mass is 16.1. The maximum absolute atomic E-state index is 12.2. The van der Waals surface area contributed by atoms with Crippen LogP contribution in [0.2, 0.25) is 0 Å². The van der Waals surface area contributed by atoms with Gasteiger partial charge in [0.2, 0.25) is 0 Å². The van der Waals surface area contributed by atoms with Gasteiger partial charge in [-0.25, -0.2) is 4.68 Å². The van der Waals surface area contributed by atoms with Crippen molar-refractivity contribution in [1.29, 1.82) is 0 Å². The topological polar surface area (TPSA) is 59.8 Å². The van der Waals surface area contributed by atoms with Crippen molar-refractivity contribution in [1.82, 2.24) is 20.3 Å². The third kappa shape index (κ3) is 3.62. The number of fused-ring (bicyclic) bond motifs is 1. The summed E-state index contributed by atoms with van der Waals surface area (Å²) < 4.78 is 1.87. The second-order valence-corrected chi connectivity index (χ2v) is 6.10. The highest BCUT2D eigenvalue weighted by Gasteiger charge is 2.09. The zero-order chi connectivity index (χ0) is 16.9. The molecule has 0 spiro atoms. The molecule has 0 radical (unpaired) electrons. The summed E-state index contributed by atoms with van der Waals surface area (Å²) in [5.41, 5.74) is 3.67. The van der Waals surface area contributed by atoms with Crippen LogP contribution in [0.25, 0.3) is 11.0 Å². The van der Waals surface area contributed by atoms with Gasteiger partial charge in [-0.1, -0.05) is 42.8 Å². The van der Waals surface area contributed by atoms with Gasteiger partial charge in [0.1, 0.15) is 5.52 Å². The van der Waals surface area contributed by atoms with E-state index < -0.39 is 0 Å². The highest BCUT2D eigenvalue weighted by Crippen LogP contribution is 2.13. The Bertz CT molecular complexity index is 823. The minimum atomic E-state index is -0.0197. The van der Waals surface area contributed by atoms with E-state index in [0.717, 1.165) is 29.4 Å². The van der Waals surface area contributed by atoms with Crippen LogP contribution in [0.4, 0.5) is 0 Å². The van der Waals surface area contributed by atoms with Crippen LogP contribution >= 0.6 is 0 Å². The summed E-state index contributed by atoms with van der Waals surface area (Å²) in [7, 11) is 0. The number of carbonyl (C=O) groups is 1. The summed E-state index contributed by atoms with van der Waals surface area (Å²) in [6.07, 6.45) is 2.05. The van der Waals surface area contributed by atoms with Gasteiger partial charge in [-0.05, 0) is 43.2 Å². The minimum absolute atomic E-state index is 0.0197. The normalized spacial score (nSPS) is 12.2. The van der Waals surface area contributed by atoms with E-state index in [1.165, 1.54) is 0 Å². The molecule has 1 amide bonds. The average molecular weight is 322 g/mol. The molecule has 1 aromatic heterocycles. The first-order valence-corrected chi connectivity index (χ1v) is 8.35. The van der Waals surface area contributed by atoms with Gasteiger partial charge < -0.3 is 5.32 Å². The first kappa shape index (κ1) is 16.2. The quantitative estimate of drug-likeness (QED) is 0.756. The molecule has 0 aliphatic rings. The van der Waals surface area contributed by atoms with Crippen molar-refractivity contribution < 1.29 is 4.79 Å². The van der Waals surface area contributed by atoms with Crippen molar-refractivity contribution in [2.45, 2.75) is 39.3 Å². The summed E-state index contributed by atoms with van der Waals surface area (Å²) >= 11 is 0. The molecule has 5 heteroatoms. The predicted molar refractivity (Wildman–Crippen MR) is 94.9 cm³/mol. The van der Waals surface area contributed by atoms with Crippen molar-refractivity contribution in [2.24, 2.45) is 0 Å². The Balaban J connectivity index is 1.69. The van der Waals surface area contributed by atoms with Gasteiger partial charge in [0, 0.05) is 11.6 Å². The zero-order valence-electron chi connectivity index (χ0n) is 14.1. The van der Waals surface area contributed by atoms with Crippen molar-refractivity contribution in [3.8, 4) is 0 Å². The Morgan fingerprint density at radius 3 is 2.67 bits per heavy atom. The second kappa shape index (κ2) is 7.25. The third-order valence-electron chi connectivity index (χ3n) is 4.07. The van der Waals surface area contributed by atoms with Gasteiger partial charge in [0.25, 0.3) is 5.91 Å². The molecule has 0 saturated heterocycles. The predicted octanol–water partition coefficient (Wildman–Crippen LogP) is 3.40. The first-order chi connectivity index (χ1) is 11.7. The van der Waals surface area contributed by atoms with Crippen molar-refractivity contribution in [3.05, 3.63) is 59.7 Å². The molecular weight excluding hydrogens is 300 g/mol. The molecule has 1 atom stereocenters. The Hall–Kier alpha value is -2.69. The summed E-state index contributed by atoms with van der Waals surface area (Å²) in [5, 5.41) is 11.4. The molecule has 0 aliphatic heterocycles. The van der Waals surface area contributed by atoms with Crippen LogP contribution < -0.4 is 5.32 Å². The van der Waals surface area contributed by atoms with Crippen LogP contribution in [-0.2, 0) is 6.54 Å². The Morgan fingerprint density at radius 2 is 1.92 bits per heavy atom. The number of nitrogens with one attached hydrogen (secondary N) is 1. The van der Waals surface area contributed by atoms with Gasteiger partial charge in [-0.2, -0.15) is 0 Å². The van der Waals surface area contributed by atoms with Crippen LogP contribution in [0.5, 0.6) is 0 Å². The number of carbonyl (C=O) groups excluding carboxylic acids is 1. The maximum atomic E-state index is 12.2. The summed E-state index contributed by atoms with van der Waals surface area (Å²) in [4.78, 5) is 12.2. The molecule has 1 N–H and O–H groups in total. The van der Waals surface area contributed by atoms with Crippen LogP contribution in [0.3, 0.4) is 0 Å². The number of hydrogen-bond acceptors (Lipinski definition) is 3. The fraction of sp³-hybridized carbons (Fsp3) is 0.316. The molecule has 3 rings (SSSR count). The zero-order valence-corrected chi connectivity index (χ0v) is 14.1. The Kier molecular flexibility index (Phi) is 4.89. The van der Waals surface area contributed by atoms with E-state index in [2.05, 4.69) is 22.6 Å². The standard InChI is InChI=1S/C19H22N4O/c1-3-6-14(2)20-19(24)16-11-9-15(10-12-16)13-23-18-8-5-4-7-17(18)21-22-23/h4-5,7-12,14H,3,6,13H2,1-2H3,(H,20,24). The molecule has 2 aromatic carbocycles. The number of benzene rings is 2. The number of rotatable bonds is 6. The van der Waals surface area contributed by atoms with Crippen LogP contribution in [-0.4, -0.2) is 26.9 Å². The van der Waals surface area contributed by atoms with Crippen molar-refractivity contribution in [2.75, 3.05) is 0 Å². The van der Waals surface area contributed by atoms with E-state index >= 15 is 0 Å². The molecule has 1 unspecified atom stereocenters. The lowest BCUT2D eigenvalue weighted by atomic mass is 10.1. The fourth-order valence-electron chi connectivity index (χ4n) is 2.78. The number of amides is 1. The lowest BCUT2D eigenvalue weighted by molar-refractivity contribution is 0.0938. The number of para-hydroxylation sites is 1. The van der Waals surface area contributed by atoms with Gasteiger partial charge in [-0.3, -0.25) is 4.79 Å². The molecular formula is C19H22N4O. The summed E-state index contributed by atoms with van der Waals surface area (Å²) in [6.45, 7) is 4.78. The van der Waals surface area contributed by atoms with E-state index in [1.54, 1.807) is 0 Å². The minimum Gasteiger partial charge on any atom is -0.350 e. The molecule has 5 nitrogen and oxygen atoms in total. The number of nitrogens with zero attached hydrogens (tertiary/aromatic N) is 3. The SMILES string of the molecule is CCCC(C)NC(=O)c1ccc(Cn2nnc3ccccc32)cc1. The molecule has 0 aliphatic carbocycles. The van der Waals surface area contributed by atoms with E-state index in [1.807, 2.05) is 60.1 Å². The van der Waals surface area contributed by atoms with Crippen LogP contribution in [0.15, 0.2) is 48.5 Å². The van der Waals surface area contributed by atoms with Gasteiger partial charge >= 0.3 is 0 Å². The van der Waals surface area contributed by atoms with Crippen LogP contribution in [0, 0.1) is 0 Å². The van der Waals surface area contributed by atoms with E-state index in [-0.39, 0.29) is 11.9 Å². The molecule has 0 saturated carbocycles. The molecule has 124 valence electrons. The van der Waals surface area contributed by atoms with E-state index in [0.29, 0.717) is 12.1 Å². The largest absolute Gasteiger partial charge is 0.350 e. The van der Waals surface area contributed by atoms with Crippen LogP contribution in [0.1, 0.15) is 42.6 Å². The Morgan fingerprint density at radius 1 is 1.17 bits per heavy atom. The van der Waals surface area contributed by atoms with Gasteiger partial charge in [0.15, 0.2) is 0 Å². The lowest BCUT2D eigenvalue weighted by Gasteiger charge is -2.13. The number of hydrogen-bond donors (Lipinski definition) is 1. The van der Waals surface area contributed by atoms with Gasteiger partial charge in [0.05, 0.1) is 12.1 Å². The highest BCUT2D eigenvalue weighted by molar-refractivity contribution is 5.94. The third-order valence-corrected chi connectivity index (χ3v) is 4.07. The maximum Gasteiger partial charge on any atom is 0.251 e. The second-order valence-electron chi connectivity index (χ2n) is 6.10. The first-order valence-electron chi connectivity index (χ1n) is 8.35. The van der Waals surface area contributed by atoms with Crippen molar-refractivity contribution >= 4 is 16.9 Å². The monoisotopic (exact) mass is 322 g/mol. The van der Waals surface area contributed by atoms with Gasteiger partial charge in [-0.15, -0.1) is 5.10 Å². The molecule has 1 heterocycles. The lowest BCUT2D eigenvalue weighted by Crippen LogP contribution is -2.32. The summed E-state index contributed by atoms with van der Waals surface area (Å²) in [5.74, 6) is -0.0197.